The van der Waals surface area contributed by atoms with Crippen LogP contribution in [0.2, 0.25) is 13.1 Å². The van der Waals surface area contributed by atoms with Crippen molar-refractivity contribution in [2.75, 3.05) is 37.7 Å². The second kappa shape index (κ2) is 13.7. The van der Waals surface area contributed by atoms with E-state index >= 15 is 0 Å². The molecule has 44 heavy (non-hydrogen) atoms. The first kappa shape index (κ1) is 30.7. The highest BCUT2D eigenvalue weighted by atomic mass is 28.4. The summed E-state index contributed by atoms with van der Waals surface area (Å²) < 4.78 is 22.4. The second-order valence-corrected chi connectivity index (χ2v) is 14.7. The molecule has 5 aromatic rings. The number of hydrogen-bond acceptors (Lipinski definition) is 6. The van der Waals surface area contributed by atoms with Crippen LogP contribution in [-0.4, -0.2) is 36.3 Å². The Kier molecular flexibility index (Phi) is 9.58. The molecule has 5 aromatic carbocycles. The summed E-state index contributed by atoms with van der Waals surface area (Å²) in [5, 5.41) is 1.27. The zero-order chi connectivity index (χ0) is 31.1. The second-order valence-electron chi connectivity index (χ2n) is 10.8. The average Bonchev–Trinajstić information content (AvgIpc) is 3.07. The van der Waals surface area contributed by atoms with E-state index < -0.39 is 8.32 Å². The van der Waals surface area contributed by atoms with Crippen molar-refractivity contribution in [3.8, 4) is 17.2 Å². The van der Waals surface area contributed by atoms with Crippen LogP contribution in [0.4, 0.5) is 34.1 Å². The molecule has 0 aromatic heterocycles. The molecular formula is C37H40N2O4Si. The Bertz CT molecular complexity index is 1570. The Labute approximate surface area is 262 Å². The molecule has 6 nitrogen and oxygen atoms in total. The molecule has 5 rings (SSSR count). The number of benzene rings is 5. The van der Waals surface area contributed by atoms with Gasteiger partial charge < -0.3 is 28.4 Å². The van der Waals surface area contributed by atoms with Gasteiger partial charge in [-0.3, -0.25) is 0 Å². The molecule has 0 radical (unpaired) electrons. The number of anilines is 6. The van der Waals surface area contributed by atoms with E-state index in [2.05, 4.69) is 115 Å². The van der Waals surface area contributed by atoms with Gasteiger partial charge in [-0.25, -0.2) is 0 Å². The Morgan fingerprint density at radius 1 is 0.432 bits per heavy atom. The summed E-state index contributed by atoms with van der Waals surface area (Å²) in [6, 6.07) is 41.7. The van der Waals surface area contributed by atoms with Crippen LogP contribution in [-0.2, 0) is 4.43 Å². The Morgan fingerprint density at radius 2 is 0.682 bits per heavy atom. The monoisotopic (exact) mass is 604 g/mol. The van der Waals surface area contributed by atoms with Crippen LogP contribution in [0.15, 0.2) is 121 Å². The first-order valence-electron chi connectivity index (χ1n) is 14.7. The molecule has 0 aliphatic carbocycles. The summed E-state index contributed by atoms with van der Waals surface area (Å²) in [7, 11) is 3.08. The molecule has 0 amide bonds. The van der Waals surface area contributed by atoms with E-state index in [1.54, 1.807) is 21.3 Å². The SMILES string of the molecule is CCO[Si](C)(C)c1ccc(N(c2ccc(OC)cc2)c2ccc(N(c3ccc(OC)cc3)c3ccc(OC)cc3)cc2)cc1. The highest BCUT2D eigenvalue weighted by Crippen LogP contribution is 2.40. The molecule has 226 valence electrons. The molecule has 0 fully saturated rings. The molecule has 0 bridgehead atoms. The van der Waals surface area contributed by atoms with Crippen molar-refractivity contribution in [3.63, 3.8) is 0 Å². The maximum atomic E-state index is 6.14. The van der Waals surface area contributed by atoms with E-state index in [4.69, 9.17) is 18.6 Å². The van der Waals surface area contributed by atoms with Gasteiger partial charge in [0, 0.05) is 40.7 Å². The largest absolute Gasteiger partial charge is 0.497 e. The molecule has 7 heteroatoms. The predicted octanol–water partition coefficient (Wildman–Crippen LogP) is 9.10. The van der Waals surface area contributed by atoms with Crippen LogP contribution in [0.25, 0.3) is 0 Å². The third-order valence-electron chi connectivity index (χ3n) is 7.68. The van der Waals surface area contributed by atoms with Gasteiger partial charge in [0.15, 0.2) is 0 Å². The normalized spacial score (nSPS) is 11.1. The highest BCUT2D eigenvalue weighted by molar-refractivity contribution is 6.84. The van der Waals surface area contributed by atoms with Crippen molar-refractivity contribution >= 4 is 47.6 Å². The minimum Gasteiger partial charge on any atom is -0.497 e. The van der Waals surface area contributed by atoms with Gasteiger partial charge in [0.1, 0.15) is 17.2 Å². The third-order valence-corrected chi connectivity index (χ3v) is 10.4. The lowest BCUT2D eigenvalue weighted by Crippen LogP contribution is -2.44. The van der Waals surface area contributed by atoms with Crippen LogP contribution in [0.3, 0.4) is 0 Å². The molecule has 0 saturated heterocycles. The fourth-order valence-corrected chi connectivity index (χ4v) is 7.15. The first-order chi connectivity index (χ1) is 21.4. The van der Waals surface area contributed by atoms with Crippen molar-refractivity contribution in [3.05, 3.63) is 121 Å². The summed E-state index contributed by atoms with van der Waals surface area (Å²) in [5.41, 5.74) is 6.21. The summed E-state index contributed by atoms with van der Waals surface area (Å²) in [6.07, 6.45) is 0. The lowest BCUT2D eigenvalue weighted by molar-refractivity contribution is 0.339. The smallest absolute Gasteiger partial charge is 0.218 e. The van der Waals surface area contributed by atoms with E-state index in [9.17, 15) is 0 Å². The number of nitrogens with zero attached hydrogens (tertiary/aromatic N) is 2. The third kappa shape index (κ3) is 6.75. The van der Waals surface area contributed by atoms with E-state index in [0.717, 1.165) is 58.0 Å². The maximum Gasteiger partial charge on any atom is 0.218 e. The fraction of sp³-hybridized carbons (Fsp3) is 0.189. The maximum absolute atomic E-state index is 6.14. The number of methoxy groups -OCH3 is 3. The van der Waals surface area contributed by atoms with Gasteiger partial charge in [-0.1, -0.05) is 12.1 Å². The summed E-state index contributed by atoms with van der Waals surface area (Å²) in [5.74, 6) is 2.44. The predicted molar refractivity (Wildman–Crippen MR) is 184 cm³/mol. The topological polar surface area (TPSA) is 43.4 Å². The molecule has 0 N–H and O–H groups in total. The lowest BCUT2D eigenvalue weighted by atomic mass is 10.1. The Morgan fingerprint density at radius 3 is 0.932 bits per heavy atom. The molecule has 0 aliphatic heterocycles. The number of ether oxygens (including phenoxy) is 3. The van der Waals surface area contributed by atoms with Crippen LogP contribution in [0.5, 0.6) is 17.2 Å². The zero-order valence-corrected chi connectivity index (χ0v) is 27.3. The van der Waals surface area contributed by atoms with E-state index in [1.165, 1.54) is 5.19 Å². The van der Waals surface area contributed by atoms with E-state index in [-0.39, 0.29) is 0 Å². The molecule has 0 saturated carbocycles. The Balaban J connectivity index is 1.55. The Hall–Kier alpha value is -4.72. The first-order valence-corrected chi connectivity index (χ1v) is 17.6. The van der Waals surface area contributed by atoms with Crippen LogP contribution in [0, 0.1) is 0 Å². The summed E-state index contributed by atoms with van der Waals surface area (Å²) >= 11 is 0. The van der Waals surface area contributed by atoms with Crippen LogP contribution >= 0.6 is 0 Å². The van der Waals surface area contributed by atoms with Crippen LogP contribution in [0.1, 0.15) is 6.92 Å². The van der Waals surface area contributed by atoms with Gasteiger partial charge in [-0.2, -0.15) is 0 Å². The standard InChI is InChI=1S/C37H40N2O4Si/c1-7-43-44(5,6)37-26-18-33(19-27-37)39(32-16-24-36(42-4)25-17-32)29-10-8-28(9-11-29)38(30-12-20-34(40-2)21-13-30)31-14-22-35(41-3)23-15-31/h8-27H,7H2,1-6H3. The highest BCUT2D eigenvalue weighted by Gasteiger charge is 2.25. The summed E-state index contributed by atoms with van der Waals surface area (Å²) in [6.45, 7) is 7.25. The fourth-order valence-electron chi connectivity index (χ4n) is 5.30. The lowest BCUT2D eigenvalue weighted by Gasteiger charge is -2.29. The van der Waals surface area contributed by atoms with Gasteiger partial charge in [-0.05, 0) is 134 Å². The minimum absolute atomic E-state index is 0.718. The molecule has 0 aliphatic rings. The van der Waals surface area contributed by atoms with Gasteiger partial charge in [0.05, 0.1) is 21.3 Å². The van der Waals surface area contributed by atoms with E-state index in [0.29, 0.717) is 0 Å². The van der Waals surface area contributed by atoms with Crippen molar-refractivity contribution in [1.29, 1.82) is 0 Å². The summed E-state index contributed by atoms with van der Waals surface area (Å²) in [4.78, 5) is 4.48. The number of hydrogen-bond donors (Lipinski definition) is 0. The van der Waals surface area contributed by atoms with Gasteiger partial charge >= 0.3 is 0 Å². The van der Waals surface area contributed by atoms with Crippen LogP contribution < -0.4 is 29.2 Å². The zero-order valence-electron chi connectivity index (χ0n) is 26.3. The van der Waals surface area contributed by atoms with E-state index in [1.807, 2.05) is 36.4 Å². The van der Waals surface area contributed by atoms with Gasteiger partial charge in [0.2, 0.25) is 8.32 Å². The van der Waals surface area contributed by atoms with Crippen molar-refractivity contribution in [2.45, 2.75) is 20.0 Å². The molecule has 0 atom stereocenters. The van der Waals surface area contributed by atoms with Gasteiger partial charge in [-0.15, -0.1) is 0 Å². The molecule has 0 spiro atoms. The molecule has 0 heterocycles. The van der Waals surface area contributed by atoms with Crippen molar-refractivity contribution in [2.24, 2.45) is 0 Å². The van der Waals surface area contributed by atoms with Gasteiger partial charge in [0.25, 0.3) is 0 Å². The molecule has 0 unspecified atom stereocenters. The number of rotatable bonds is 12. The quantitative estimate of drug-likeness (QED) is 0.132. The average molecular weight is 605 g/mol. The molecular weight excluding hydrogens is 565 g/mol. The van der Waals surface area contributed by atoms with Crippen molar-refractivity contribution < 1.29 is 18.6 Å². The minimum atomic E-state index is -1.96. The van der Waals surface area contributed by atoms with Crippen molar-refractivity contribution in [1.82, 2.24) is 0 Å².